The lowest BCUT2D eigenvalue weighted by Crippen LogP contribution is -2.48. The van der Waals surface area contributed by atoms with Crippen molar-refractivity contribution < 1.29 is 4.79 Å². The molecule has 5 rings (SSSR count). The highest BCUT2D eigenvalue weighted by Gasteiger charge is 2.30. The molecule has 1 saturated heterocycles. The quantitative estimate of drug-likeness (QED) is 0.491. The van der Waals surface area contributed by atoms with Crippen LogP contribution in [0.2, 0.25) is 0 Å². The molecule has 2 heterocycles. The second kappa shape index (κ2) is 10.7. The normalized spacial score (nSPS) is 21.5. The van der Waals surface area contributed by atoms with Crippen molar-refractivity contribution in [1.29, 1.82) is 0 Å². The van der Waals surface area contributed by atoms with Crippen LogP contribution in [-0.2, 0) is 4.79 Å². The van der Waals surface area contributed by atoms with E-state index in [9.17, 15) is 4.79 Å². The lowest BCUT2D eigenvalue weighted by Gasteiger charge is -2.37. The standard InChI is InChI=1S/C28H34N4OS/c1-21-7-2-3-8-22(21)13-14-27(33)29-19-23-9-6-10-24(23)20-31-15-17-32(18-16-31)28-25-11-4-5-12-26(25)34-30-28/h2-5,7-8,11-14,23-24H,6,9-10,15-20H2,1H3,(H,29,33)/t23-,24-/m1/s1. The fourth-order valence-electron chi connectivity index (χ4n) is 5.43. The predicted octanol–water partition coefficient (Wildman–Crippen LogP) is 4.97. The smallest absolute Gasteiger partial charge is 0.244 e. The third kappa shape index (κ3) is 5.34. The molecule has 0 radical (unpaired) electrons. The summed E-state index contributed by atoms with van der Waals surface area (Å²) in [7, 11) is 0. The number of anilines is 1. The fraction of sp³-hybridized carbons (Fsp3) is 0.429. The number of carbonyl (C=O) groups is 1. The van der Waals surface area contributed by atoms with Crippen LogP contribution in [0.4, 0.5) is 5.82 Å². The zero-order valence-corrected chi connectivity index (χ0v) is 20.8. The van der Waals surface area contributed by atoms with Gasteiger partial charge in [0.2, 0.25) is 5.91 Å². The van der Waals surface area contributed by atoms with E-state index in [1.165, 1.54) is 34.9 Å². The number of hydrogen-bond donors (Lipinski definition) is 1. The van der Waals surface area contributed by atoms with Crippen molar-refractivity contribution in [3.8, 4) is 0 Å². The molecule has 1 aliphatic heterocycles. The van der Waals surface area contributed by atoms with Gasteiger partial charge < -0.3 is 10.2 Å². The summed E-state index contributed by atoms with van der Waals surface area (Å²) in [6.45, 7) is 8.23. The molecule has 0 bridgehead atoms. The number of nitrogens with zero attached hydrogens (tertiary/aromatic N) is 3. The van der Waals surface area contributed by atoms with E-state index in [4.69, 9.17) is 4.37 Å². The third-order valence-corrected chi connectivity index (χ3v) is 8.30. The molecule has 6 heteroatoms. The molecule has 0 spiro atoms. The van der Waals surface area contributed by atoms with E-state index >= 15 is 0 Å². The third-order valence-electron chi connectivity index (χ3n) is 7.48. The largest absolute Gasteiger partial charge is 0.353 e. The van der Waals surface area contributed by atoms with Gasteiger partial charge in [-0.3, -0.25) is 9.69 Å². The molecule has 2 aromatic carbocycles. The van der Waals surface area contributed by atoms with Crippen LogP contribution in [0.3, 0.4) is 0 Å². The van der Waals surface area contributed by atoms with Crippen molar-refractivity contribution in [3.05, 3.63) is 65.7 Å². The molecular formula is C28H34N4OS. The van der Waals surface area contributed by atoms with Gasteiger partial charge in [0.25, 0.3) is 0 Å². The van der Waals surface area contributed by atoms with Crippen molar-refractivity contribution in [2.24, 2.45) is 11.8 Å². The Labute approximate surface area is 206 Å². The summed E-state index contributed by atoms with van der Waals surface area (Å²) in [5.41, 5.74) is 2.28. The summed E-state index contributed by atoms with van der Waals surface area (Å²) in [5.74, 6) is 2.42. The van der Waals surface area contributed by atoms with Gasteiger partial charge >= 0.3 is 0 Å². The molecule has 1 N–H and O–H groups in total. The topological polar surface area (TPSA) is 48.5 Å². The van der Waals surface area contributed by atoms with Crippen LogP contribution in [0.1, 0.15) is 30.4 Å². The zero-order chi connectivity index (χ0) is 23.3. The molecule has 0 unspecified atom stereocenters. The second-order valence-corrected chi connectivity index (χ2v) is 10.5. The van der Waals surface area contributed by atoms with Crippen molar-refractivity contribution >= 4 is 39.4 Å². The Kier molecular flexibility index (Phi) is 7.26. The number of hydrogen-bond acceptors (Lipinski definition) is 5. The molecule has 1 aliphatic carbocycles. The van der Waals surface area contributed by atoms with Crippen LogP contribution >= 0.6 is 11.5 Å². The maximum absolute atomic E-state index is 12.4. The van der Waals surface area contributed by atoms with E-state index in [1.54, 1.807) is 17.6 Å². The van der Waals surface area contributed by atoms with Crippen molar-refractivity contribution in [1.82, 2.24) is 14.6 Å². The van der Waals surface area contributed by atoms with Gasteiger partial charge in [-0.1, -0.05) is 42.8 Å². The molecule has 178 valence electrons. The first-order valence-electron chi connectivity index (χ1n) is 12.5. The summed E-state index contributed by atoms with van der Waals surface area (Å²) in [4.78, 5) is 17.5. The number of aromatic nitrogens is 1. The summed E-state index contributed by atoms with van der Waals surface area (Å²) >= 11 is 1.60. The van der Waals surface area contributed by atoms with Crippen LogP contribution in [0.15, 0.2) is 54.6 Å². The Morgan fingerprint density at radius 2 is 1.82 bits per heavy atom. The van der Waals surface area contributed by atoms with Crippen LogP contribution in [-0.4, -0.2) is 54.4 Å². The van der Waals surface area contributed by atoms with Crippen LogP contribution in [0, 0.1) is 18.8 Å². The van der Waals surface area contributed by atoms with E-state index < -0.39 is 0 Å². The minimum Gasteiger partial charge on any atom is -0.353 e. The number of benzene rings is 2. The van der Waals surface area contributed by atoms with Gasteiger partial charge in [-0.05, 0) is 72.5 Å². The summed E-state index contributed by atoms with van der Waals surface area (Å²) in [6.07, 6.45) is 7.36. The van der Waals surface area contributed by atoms with E-state index in [1.807, 2.05) is 24.3 Å². The maximum atomic E-state index is 12.4. The molecule has 5 nitrogen and oxygen atoms in total. The molecule has 2 fully saturated rings. The highest BCUT2D eigenvalue weighted by atomic mass is 32.1. The highest BCUT2D eigenvalue weighted by Crippen LogP contribution is 2.33. The van der Waals surface area contributed by atoms with Crippen molar-refractivity contribution in [2.75, 3.05) is 44.2 Å². The first-order valence-corrected chi connectivity index (χ1v) is 13.3. The fourth-order valence-corrected chi connectivity index (χ4v) is 6.22. The monoisotopic (exact) mass is 474 g/mol. The minimum absolute atomic E-state index is 0.0120. The maximum Gasteiger partial charge on any atom is 0.244 e. The molecule has 34 heavy (non-hydrogen) atoms. The molecule has 2 atom stereocenters. The van der Waals surface area contributed by atoms with Gasteiger partial charge in [0.05, 0.1) is 4.70 Å². The number of carbonyl (C=O) groups excluding carboxylic acids is 1. The first kappa shape index (κ1) is 23.1. The van der Waals surface area contributed by atoms with E-state index in [2.05, 4.69) is 52.4 Å². The van der Waals surface area contributed by atoms with Gasteiger partial charge in [0.1, 0.15) is 5.82 Å². The number of piperazine rings is 1. The lowest BCUT2D eigenvalue weighted by molar-refractivity contribution is -0.116. The molecule has 3 aromatic rings. The summed E-state index contributed by atoms with van der Waals surface area (Å²) < 4.78 is 6.01. The second-order valence-electron chi connectivity index (χ2n) is 9.68. The number of nitrogens with one attached hydrogen (secondary N) is 1. The van der Waals surface area contributed by atoms with Crippen molar-refractivity contribution in [3.63, 3.8) is 0 Å². The number of fused-ring (bicyclic) bond motifs is 1. The summed E-state index contributed by atoms with van der Waals surface area (Å²) in [5, 5.41) is 4.45. The molecular weight excluding hydrogens is 440 g/mol. The van der Waals surface area contributed by atoms with Crippen LogP contribution in [0.5, 0.6) is 0 Å². The van der Waals surface area contributed by atoms with E-state index in [0.717, 1.165) is 50.6 Å². The highest BCUT2D eigenvalue weighted by molar-refractivity contribution is 7.13. The predicted molar refractivity (Wildman–Crippen MR) is 142 cm³/mol. The van der Waals surface area contributed by atoms with Gasteiger partial charge in [0.15, 0.2) is 0 Å². The van der Waals surface area contributed by atoms with Crippen molar-refractivity contribution in [2.45, 2.75) is 26.2 Å². The Balaban J connectivity index is 1.09. The molecule has 2 aliphatic rings. The Hall–Kier alpha value is -2.70. The van der Waals surface area contributed by atoms with E-state index in [-0.39, 0.29) is 5.91 Å². The Morgan fingerprint density at radius 3 is 2.68 bits per heavy atom. The van der Waals surface area contributed by atoms with E-state index in [0.29, 0.717) is 11.8 Å². The average molecular weight is 475 g/mol. The summed E-state index contributed by atoms with van der Waals surface area (Å²) in [6, 6.07) is 16.7. The molecule has 1 aromatic heterocycles. The number of rotatable bonds is 7. The molecule has 1 amide bonds. The Morgan fingerprint density at radius 1 is 1.06 bits per heavy atom. The van der Waals surface area contributed by atoms with Gasteiger partial charge in [-0.2, -0.15) is 4.37 Å². The number of aryl methyl sites for hydroxylation is 1. The van der Waals surface area contributed by atoms with Crippen LogP contribution < -0.4 is 10.2 Å². The number of amides is 1. The average Bonchev–Trinajstić information content (AvgIpc) is 3.49. The Bertz CT molecular complexity index is 1150. The minimum atomic E-state index is 0.0120. The zero-order valence-electron chi connectivity index (χ0n) is 20.0. The lowest BCUT2D eigenvalue weighted by atomic mass is 9.95. The van der Waals surface area contributed by atoms with Gasteiger partial charge in [-0.15, -0.1) is 0 Å². The SMILES string of the molecule is Cc1ccccc1C=CC(=O)NC[C@H]1CCC[C@@H]1CN1CCN(c2nsc3ccccc23)CC1. The van der Waals surface area contributed by atoms with Gasteiger partial charge in [-0.25, -0.2) is 0 Å². The first-order chi connectivity index (χ1) is 16.7. The van der Waals surface area contributed by atoms with Gasteiger partial charge in [0, 0.05) is 50.7 Å². The van der Waals surface area contributed by atoms with Crippen LogP contribution in [0.25, 0.3) is 16.2 Å². The molecule has 1 saturated carbocycles.